The van der Waals surface area contributed by atoms with E-state index in [-0.39, 0.29) is 29.7 Å². The van der Waals surface area contributed by atoms with Crippen LogP contribution in [0.4, 0.5) is 27.4 Å². The molecular weight excluding hydrogens is 443 g/mol. The Bertz CT molecular complexity index is 1410. The highest BCUT2D eigenvalue weighted by atomic mass is 19.1. The van der Waals surface area contributed by atoms with E-state index in [9.17, 15) is 14.0 Å². The highest BCUT2D eigenvalue weighted by Crippen LogP contribution is 2.42. The number of anilines is 4. The highest BCUT2D eigenvalue weighted by molar-refractivity contribution is 6.00. The van der Waals surface area contributed by atoms with E-state index in [1.54, 1.807) is 16.9 Å². The molecule has 0 aromatic carbocycles. The molecule has 3 atom stereocenters. The molecule has 1 fully saturated rings. The number of nitrogens with zero attached hydrogens (tertiary/aromatic N) is 7. The first kappa shape index (κ1) is 18.3. The monoisotopic (exact) mass is 469 g/mol. The second kappa shape index (κ2) is 8.01. The van der Waals surface area contributed by atoms with E-state index < -0.39 is 30.9 Å². The molecule has 0 radical (unpaired) electrons. The zero-order valence-electron chi connectivity index (χ0n) is 21.5. The summed E-state index contributed by atoms with van der Waals surface area (Å²) in [5, 5.41) is 23.5. The Hall–Kier alpha value is -4.16. The third-order valence-electron chi connectivity index (χ3n) is 6.02. The van der Waals surface area contributed by atoms with Crippen LogP contribution in [0.25, 0.3) is 5.69 Å². The van der Waals surface area contributed by atoms with Gasteiger partial charge in [0.15, 0.2) is 17.3 Å². The molecule has 13 heteroatoms. The summed E-state index contributed by atoms with van der Waals surface area (Å²) in [6.45, 7) is 1.08. The Kier molecular flexibility index (Phi) is 4.31. The lowest BCUT2D eigenvalue weighted by atomic mass is 10.1. The SMILES string of the molecule is [2H]C([2H])([2H])NC(=O)c1nnc(NC(=O)[C@H]2C[C@@H]2F)cc1Nc1nccc2c1N(C)[C@H](C)c1c(C)nnn1-2. The van der Waals surface area contributed by atoms with Crippen molar-refractivity contribution in [3.05, 3.63) is 35.4 Å². The molecule has 4 heterocycles. The van der Waals surface area contributed by atoms with Crippen LogP contribution >= 0.6 is 0 Å². The van der Waals surface area contributed by atoms with Gasteiger partial charge < -0.3 is 20.9 Å². The number of fused-ring (bicyclic) bond motifs is 3. The third-order valence-corrected chi connectivity index (χ3v) is 6.02. The Morgan fingerprint density at radius 1 is 1.29 bits per heavy atom. The third kappa shape index (κ3) is 3.49. The fraction of sp³-hybridized carbons (Fsp3) is 0.381. The normalized spacial score (nSPS) is 21.9. The molecular formula is C21H23FN10O2. The summed E-state index contributed by atoms with van der Waals surface area (Å²) >= 11 is 0. The number of aromatic nitrogens is 6. The van der Waals surface area contributed by atoms with Crippen molar-refractivity contribution in [1.29, 1.82) is 0 Å². The number of nitrogens with one attached hydrogen (secondary N) is 3. The molecule has 0 unspecified atom stereocenters. The standard InChI is InChI=1S/C21H23FN10O2/c1-9-17-10(2)31(4)18-14(32(17)30-27-9)5-6-24-19(18)25-13-8-15(26-20(33)11-7-12(11)22)28-29-16(13)21(34)23-3/h5-6,8,10-12H,7H2,1-4H3,(H,23,34)(H2,24,25,26,28,33)/t10-,11+,12+/m1/s1/i3D3. The quantitative estimate of drug-likeness (QED) is 0.508. The van der Waals surface area contributed by atoms with Gasteiger partial charge in [0.2, 0.25) is 5.91 Å². The van der Waals surface area contributed by atoms with Crippen LogP contribution in [0.15, 0.2) is 18.3 Å². The molecule has 12 nitrogen and oxygen atoms in total. The molecule has 0 spiro atoms. The zero-order valence-corrected chi connectivity index (χ0v) is 18.5. The van der Waals surface area contributed by atoms with E-state index in [0.717, 1.165) is 11.4 Å². The van der Waals surface area contributed by atoms with E-state index in [4.69, 9.17) is 4.11 Å². The average Bonchev–Trinajstić information content (AvgIpc) is 3.43. The number of halogens is 1. The molecule has 1 saturated carbocycles. The van der Waals surface area contributed by atoms with Crippen LogP contribution < -0.4 is 20.9 Å². The summed E-state index contributed by atoms with van der Waals surface area (Å²) < 4.78 is 37.1. The molecule has 176 valence electrons. The highest BCUT2D eigenvalue weighted by Gasteiger charge is 2.44. The van der Waals surface area contributed by atoms with Crippen molar-refractivity contribution >= 4 is 34.8 Å². The van der Waals surface area contributed by atoms with E-state index in [1.165, 1.54) is 6.07 Å². The minimum atomic E-state index is -2.77. The van der Waals surface area contributed by atoms with Gasteiger partial charge in [0, 0.05) is 30.4 Å². The fourth-order valence-corrected chi connectivity index (χ4v) is 4.01. The maximum absolute atomic E-state index is 13.3. The summed E-state index contributed by atoms with van der Waals surface area (Å²) in [4.78, 5) is 31.3. The molecule has 34 heavy (non-hydrogen) atoms. The van der Waals surface area contributed by atoms with Gasteiger partial charge in [-0.05, 0) is 26.3 Å². The van der Waals surface area contributed by atoms with Crippen LogP contribution in [0.5, 0.6) is 0 Å². The Labute approximate surface area is 198 Å². The van der Waals surface area contributed by atoms with Crippen LogP contribution in [-0.4, -0.2) is 62.2 Å². The lowest BCUT2D eigenvalue weighted by molar-refractivity contribution is -0.117. The molecule has 3 aromatic rings. The first-order chi connectivity index (χ1) is 17.4. The second-order valence-corrected chi connectivity index (χ2v) is 8.20. The van der Waals surface area contributed by atoms with Gasteiger partial charge in [-0.1, -0.05) is 5.21 Å². The first-order valence-corrected chi connectivity index (χ1v) is 10.5. The van der Waals surface area contributed by atoms with Crippen LogP contribution in [-0.2, 0) is 4.79 Å². The van der Waals surface area contributed by atoms with Crippen molar-refractivity contribution in [3.8, 4) is 5.69 Å². The van der Waals surface area contributed by atoms with Gasteiger partial charge in [-0.3, -0.25) is 9.59 Å². The van der Waals surface area contributed by atoms with Gasteiger partial charge in [-0.25, -0.2) is 14.1 Å². The Balaban J connectivity index is 1.55. The van der Waals surface area contributed by atoms with Crippen molar-refractivity contribution in [2.45, 2.75) is 32.5 Å². The van der Waals surface area contributed by atoms with Crippen molar-refractivity contribution in [3.63, 3.8) is 0 Å². The number of carbonyl (C=O) groups excluding carboxylic acids is 2. The second-order valence-electron chi connectivity index (χ2n) is 8.20. The van der Waals surface area contributed by atoms with E-state index in [1.807, 2.05) is 31.1 Å². The molecule has 2 amide bonds. The maximum Gasteiger partial charge on any atom is 0.273 e. The molecule has 3 aromatic heterocycles. The van der Waals surface area contributed by atoms with Crippen molar-refractivity contribution in [2.75, 3.05) is 29.6 Å². The summed E-state index contributed by atoms with van der Waals surface area (Å²) in [6, 6.07) is 2.96. The molecule has 0 bridgehead atoms. The molecule has 1 aliphatic heterocycles. The van der Waals surface area contributed by atoms with Gasteiger partial charge in [0.25, 0.3) is 5.91 Å². The number of rotatable bonds is 5. The van der Waals surface area contributed by atoms with Gasteiger partial charge in [0.1, 0.15) is 11.9 Å². The molecule has 0 saturated heterocycles. The van der Waals surface area contributed by atoms with Crippen LogP contribution in [0.2, 0.25) is 0 Å². The van der Waals surface area contributed by atoms with E-state index in [2.05, 4.69) is 36.1 Å². The van der Waals surface area contributed by atoms with E-state index >= 15 is 0 Å². The van der Waals surface area contributed by atoms with Crippen LogP contribution in [0.1, 0.15) is 45.4 Å². The minimum Gasteiger partial charge on any atom is -0.361 e. The number of aryl methyl sites for hydroxylation is 1. The van der Waals surface area contributed by atoms with Crippen LogP contribution in [0, 0.1) is 12.8 Å². The largest absolute Gasteiger partial charge is 0.361 e. The van der Waals surface area contributed by atoms with Gasteiger partial charge >= 0.3 is 0 Å². The molecule has 5 rings (SSSR count). The summed E-state index contributed by atoms with van der Waals surface area (Å²) in [5.74, 6) is -2.08. The molecule has 1 aliphatic carbocycles. The van der Waals surface area contributed by atoms with Crippen molar-refractivity contribution in [1.82, 2.24) is 35.5 Å². The summed E-state index contributed by atoms with van der Waals surface area (Å²) in [6.07, 6.45) is 0.454. The topological polar surface area (TPSA) is 143 Å². The van der Waals surface area contributed by atoms with Gasteiger partial charge in [-0.15, -0.1) is 15.3 Å². The number of carbonyl (C=O) groups is 2. The summed E-state index contributed by atoms with van der Waals surface area (Å²) in [7, 11) is 1.87. The number of hydrogen-bond acceptors (Lipinski definition) is 9. The molecule has 2 aliphatic rings. The Morgan fingerprint density at radius 3 is 2.82 bits per heavy atom. The van der Waals surface area contributed by atoms with Gasteiger partial charge in [-0.2, -0.15) is 0 Å². The lowest BCUT2D eigenvalue weighted by Crippen LogP contribution is -2.31. The summed E-state index contributed by atoms with van der Waals surface area (Å²) in [5.41, 5.74) is 2.70. The van der Waals surface area contributed by atoms with Gasteiger partial charge in [0.05, 0.1) is 34.7 Å². The number of alkyl halides is 1. The smallest absolute Gasteiger partial charge is 0.273 e. The molecule has 3 N–H and O–H groups in total. The minimum absolute atomic E-state index is 0.0298. The number of amides is 2. The average molecular weight is 469 g/mol. The number of pyridine rings is 1. The zero-order chi connectivity index (χ0) is 26.6. The first-order valence-electron chi connectivity index (χ1n) is 12.0. The Morgan fingerprint density at radius 2 is 2.09 bits per heavy atom. The van der Waals surface area contributed by atoms with Crippen LogP contribution in [0.3, 0.4) is 0 Å². The lowest BCUT2D eigenvalue weighted by Gasteiger charge is -2.35. The predicted molar refractivity (Wildman–Crippen MR) is 121 cm³/mol. The van der Waals surface area contributed by atoms with Crippen molar-refractivity contribution < 1.29 is 18.1 Å². The maximum atomic E-state index is 13.3. The van der Waals surface area contributed by atoms with Crippen molar-refractivity contribution in [2.24, 2.45) is 5.92 Å². The number of hydrogen-bond donors (Lipinski definition) is 3. The van der Waals surface area contributed by atoms with E-state index in [0.29, 0.717) is 17.2 Å². The predicted octanol–water partition coefficient (Wildman–Crippen LogP) is 1.67. The fourth-order valence-electron chi connectivity index (χ4n) is 4.01.